The van der Waals surface area contributed by atoms with E-state index in [4.69, 9.17) is 23.2 Å². The van der Waals surface area contributed by atoms with Gasteiger partial charge in [-0.05, 0) is 25.1 Å². The van der Waals surface area contributed by atoms with Gasteiger partial charge >= 0.3 is 0 Å². The lowest BCUT2D eigenvalue weighted by molar-refractivity contribution is -0.111. The maximum absolute atomic E-state index is 12.1. The van der Waals surface area contributed by atoms with Crippen molar-refractivity contribution in [1.82, 2.24) is 19.6 Å². The van der Waals surface area contributed by atoms with E-state index < -0.39 is 0 Å². The summed E-state index contributed by atoms with van der Waals surface area (Å²) < 4.78 is 3.42. The summed E-state index contributed by atoms with van der Waals surface area (Å²) in [7, 11) is 1.85. The number of aromatic nitrogens is 4. The van der Waals surface area contributed by atoms with Gasteiger partial charge in [-0.1, -0.05) is 29.3 Å². The Hall–Kier alpha value is -2.57. The third-order valence-corrected chi connectivity index (χ3v) is 4.68. The van der Waals surface area contributed by atoms with Gasteiger partial charge in [0.1, 0.15) is 0 Å². The number of carbonyl (C=O) groups excluding carboxylic acids is 1. The number of amides is 1. The minimum absolute atomic E-state index is 0.247. The van der Waals surface area contributed by atoms with E-state index in [0.29, 0.717) is 22.3 Å². The molecule has 8 heteroatoms. The molecule has 2 aromatic heterocycles. The minimum Gasteiger partial charge on any atom is -0.320 e. The van der Waals surface area contributed by atoms with Crippen LogP contribution in [0.25, 0.3) is 6.08 Å². The molecule has 1 N–H and O–H groups in total. The molecule has 134 valence electrons. The molecule has 0 aliphatic heterocycles. The summed E-state index contributed by atoms with van der Waals surface area (Å²) in [5.74, 6) is -0.247. The molecule has 1 amide bonds. The molecule has 0 aliphatic rings. The van der Waals surface area contributed by atoms with E-state index in [9.17, 15) is 4.79 Å². The zero-order chi connectivity index (χ0) is 18.7. The van der Waals surface area contributed by atoms with Crippen LogP contribution in [0, 0.1) is 6.92 Å². The lowest BCUT2D eigenvalue weighted by atomic mass is 10.2. The van der Waals surface area contributed by atoms with Gasteiger partial charge in [-0.2, -0.15) is 10.2 Å². The molecular weight excluding hydrogens is 373 g/mol. The molecule has 26 heavy (non-hydrogen) atoms. The van der Waals surface area contributed by atoms with Crippen LogP contribution in [0.4, 0.5) is 5.69 Å². The number of hydrogen-bond acceptors (Lipinski definition) is 3. The van der Waals surface area contributed by atoms with E-state index in [1.54, 1.807) is 52.2 Å². The Morgan fingerprint density at radius 2 is 1.96 bits per heavy atom. The van der Waals surface area contributed by atoms with E-state index in [1.807, 2.05) is 14.0 Å². The number of carbonyl (C=O) groups is 1. The van der Waals surface area contributed by atoms with Crippen molar-refractivity contribution in [3.63, 3.8) is 0 Å². The van der Waals surface area contributed by atoms with Crippen LogP contribution >= 0.6 is 23.2 Å². The highest BCUT2D eigenvalue weighted by molar-refractivity contribution is 6.35. The number of benzene rings is 1. The van der Waals surface area contributed by atoms with E-state index in [1.165, 1.54) is 6.08 Å². The fourth-order valence-electron chi connectivity index (χ4n) is 2.39. The molecule has 0 fully saturated rings. The van der Waals surface area contributed by atoms with Crippen LogP contribution in [-0.4, -0.2) is 25.5 Å². The number of halogens is 2. The molecule has 3 rings (SSSR count). The standard InChI is InChI=1S/C18H17Cl2N5O/c1-12-13(8-21-24(12)2)6-7-18(26)23-14-9-22-25(10-14)11-15-16(19)4-3-5-17(15)20/h3-10H,11H2,1-2H3,(H,23,26)/b7-6-. The van der Waals surface area contributed by atoms with E-state index in [2.05, 4.69) is 15.5 Å². The van der Waals surface area contributed by atoms with Gasteiger partial charge in [0.15, 0.2) is 0 Å². The first-order valence-electron chi connectivity index (χ1n) is 7.87. The Labute approximate surface area is 161 Å². The molecule has 0 saturated heterocycles. The highest BCUT2D eigenvalue weighted by Crippen LogP contribution is 2.25. The Morgan fingerprint density at radius 3 is 2.62 bits per heavy atom. The number of aryl methyl sites for hydroxylation is 1. The molecule has 0 saturated carbocycles. The third kappa shape index (κ3) is 4.15. The first kappa shape index (κ1) is 18.2. The normalized spacial score (nSPS) is 11.2. The average molecular weight is 390 g/mol. The van der Waals surface area contributed by atoms with Crippen LogP contribution < -0.4 is 5.32 Å². The Balaban J connectivity index is 1.65. The number of nitrogens with one attached hydrogen (secondary N) is 1. The molecule has 3 aromatic rings. The van der Waals surface area contributed by atoms with E-state index in [0.717, 1.165) is 16.8 Å². The zero-order valence-corrected chi connectivity index (χ0v) is 15.8. The van der Waals surface area contributed by atoms with E-state index >= 15 is 0 Å². The summed E-state index contributed by atoms with van der Waals surface area (Å²) in [5, 5.41) is 12.3. The lowest BCUT2D eigenvalue weighted by Crippen LogP contribution is -2.07. The van der Waals surface area contributed by atoms with E-state index in [-0.39, 0.29) is 5.91 Å². The maximum Gasteiger partial charge on any atom is 0.248 e. The fraction of sp³-hybridized carbons (Fsp3) is 0.167. The van der Waals surface area contributed by atoms with Crippen LogP contribution in [0.1, 0.15) is 16.8 Å². The summed E-state index contributed by atoms with van der Waals surface area (Å²) in [4.78, 5) is 12.1. The smallest absolute Gasteiger partial charge is 0.248 e. The topological polar surface area (TPSA) is 64.7 Å². The van der Waals surface area contributed by atoms with Gasteiger partial charge in [-0.15, -0.1) is 0 Å². The van der Waals surface area contributed by atoms with Crippen molar-refractivity contribution in [1.29, 1.82) is 0 Å². The molecule has 0 atom stereocenters. The second-order valence-electron chi connectivity index (χ2n) is 5.76. The second-order valence-corrected chi connectivity index (χ2v) is 6.57. The molecule has 6 nitrogen and oxygen atoms in total. The molecule has 0 radical (unpaired) electrons. The quantitative estimate of drug-likeness (QED) is 0.672. The second kappa shape index (κ2) is 7.76. The molecular formula is C18H17Cl2N5O. The van der Waals surface area contributed by atoms with Crippen molar-refractivity contribution < 1.29 is 4.79 Å². The maximum atomic E-state index is 12.1. The predicted molar refractivity (Wildman–Crippen MR) is 103 cm³/mol. The van der Waals surface area contributed by atoms with Gasteiger partial charge < -0.3 is 5.32 Å². The first-order chi connectivity index (χ1) is 12.4. The van der Waals surface area contributed by atoms with Crippen LogP contribution in [0.5, 0.6) is 0 Å². The third-order valence-electron chi connectivity index (χ3n) is 3.97. The van der Waals surface area contributed by atoms with Gasteiger partial charge in [-0.3, -0.25) is 14.2 Å². The number of hydrogen-bond donors (Lipinski definition) is 1. The molecule has 2 heterocycles. The Bertz CT molecular complexity index is 954. The SMILES string of the molecule is Cc1c(/C=C\C(=O)Nc2cnn(Cc3c(Cl)cccc3Cl)c2)cnn1C. The van der Waals surface area contributed by atoms with Crippen LogP contribution in [0.3, 0.4) is 0 Å². The molecule has 1 aromatic carbocycles. The summed E-state index contributed by atoms with van der Waals surface area (Å²) in [5.41, 5.74) is 3.25. The molecule has 0 aliphatic carbocycles. The van der Waals surface area contributed by atoms with Crippen molar-refractivity contribution in [2.24, 2.45) is 7.05 Å². The van der Waals surface area contributed by atoms with Gasteiger partial charge in [0, 0.05) is 46.2 Å². The van der Waals surface area contributed by atoms with Crippen LogP contribution in [-0.2, 0) is 18.4 Å². The number of anilines is 1. The largest absolute Gasteiger partial charge is 0.320 e. The Kier molecular flexibility index (Phi) is 5.44. The zero-order valence-electron chi connectivity index (χ0n) is 14.3. The highest BCUT2D eigenvalue weighted by Gasteiger charge is 2.08. The van der Waals surface area contributed by atoms with Gasteiger partial charge in [0.05, 0.1) is 24.6 Å². The number of nitrogens with zero attached hydrogens (tertiary/aromatic N) is 4. The number of rotatable bonds is 5. The lowest BCUT2D eigenvalue weighted by Gasteiger charge is -2.06. The molecule has 0 bridgehead atoms. The van der Waals surface area contributed by atoms with Gasteiger partial charge in [-0.25, -0.2) is 0 Å². The minimum atomic E-state index is -0.247. The van der Waals surface area contributed by atoms with Crippen molar-refractivity contribution in [2.45, 2.75) is 13.5 Å². The molecule has 0 spiro atoms. The average Bonchev–Trinajstić information content (AvgIpc) is 3.17. The first-order valence-corrected chi connectivity index (χ1v) is 8.62. The Morgan fingerprint density at radius 1 is 1.23 bits per heavy atom. The van der Waals surface area contributed by atoms with Crippen LogP contribution in [0.2, 0.25) is 10.0 Å². The van der Waals surface area contributed by atoms with Gasteiger partial charge in [0.2, 0.25) is 5.91 Å². The molecule has 0 unspecified atom stereocenters. The van der Waals surface area contributed by atoms with Crippen molar-refractivity contribution in [3.05, 3.63) is 69.7 Å². The highest BCUT2D eigenvalue weighted by atomic mass is 35.5. The van der Waals surface area contributed by atoms with Crippen LogP contribution in [0.15, 0.2) is 42.9 Å². The fourth-order valence-corrected chi connectivity index (χ4v) is 2.91. The monoisotopic (exact) mass is 389 g/mol. The summed E-state index contributed by atoms with van der Waals surface area (Å²) >= 11 is 12.3. The van der Waals surface area contributed by atoms with Gasteiger partial charge in [0.25, 0.3) is 0 Å². The van der Waals surface area contributed by atoms with Crippen molar-refractivity contribution in [2.75, 3.05) is 5.32 Å². The van der Waals surface area contributed by atoms with Crippen molar-refractivity contribution in [3.8, 4) is 0 Å². The summed E-state index contributed by atoms with van der Waals surface area (Å²) in [6.07, 6.45) is 8.20. The summed E-state index contributed by atoms with van der Waals surface area (Å²) in [6, 6.07) is 5.35. The summed E-state index contributed by atoms with van der Waals surface area (Å²) in [6.45, 7) is 2.35. The van der Waals surface area contributed by atoms with Crippen molar-refractivity contribution >= 4 is 40.9 Å². The predicted octanol–water partition coefficient (Wildman–Crippen LogP) is 3.93.